The highest BCUT2D eigenvalue weighted by Crippen LogP contribution is 2.20. The number of halogens is 1. The van der Waals surface area contributed by atoms with Gasteiger partial charge in [0.1, 0.15) is 5.82 Å². The number of aromatic nitrogens is 2. The molecule has 0 unspecified atom stereocenters. The maximum Gasteiger partial charge on any atom is 0.258 e. The zero-order valence-electron chi connectivity index (χ0n) is 11.0. The summed E-state index contributed by atoms with van der Waals surface area (Å²) in [6, 6.07) is 13.1. The number of anilines is 1. The normalized spacial score (nSPS) is 10.3. The molecule has 0 aliphatic heterocycles. The first-order valence-electron chi connectivity index (χ1n) is 6.39. The quantitative estimate of drug-likeness (QED) is 0.801. The third-order valence-electron chi connectivity index (χ3n) is 3.05. The molecular weight excluding hydrogens is 269 g/mol. The van der Waals surface area contributed by atoms with Crippen molar-refractivity contribution in [3.8, 4) is 5.69 Å². The smallest absolute Gasteiger partial charge is 0.258 e. The topological polar surface area (TPSA) is 46.9 Å². The standard InChI is InChI=1S/C16H12FN3O/c17-13-6-2-1-5-12(13)16(21)19-14-7-3-4-8-15(14)20-10-9-18-11-20/h1-11H,(H,19,21). The molecule has 1 amide bonds. The Morgan fingerprint density at radius 1 is 1.10 bits per heavy atom. The van der Waals surface area contributed by atoms with Crippen molar-refractivity contribution in [1.29, 1.82) is 0 Å². The number of nitrogens with one attached hydrogen (secondary N) is 1. The Bertz CT molecular complexity index is 769. The number of nitrogens with zero attached hydrogens (tertiary/aromatic N) is 2. The summed E-state index contributed by atoms with van der Waals surface area (Å²) >= 11 is 0. The van der Waals surface area contributed by atoms with Crippen LogP contribution >= 0.6 is 0 Å². The van der Waals surface area contributed by atoms with Gasteiger partial charge < -0.3 is 9.88 Å². The van der Waals surface area contributed by atoms with E-state index in [1.54, 1.807) is 47.6 Å². The first kappa shape index (κ1) is 13.1. The van der Waals surface area contributed by atoms with E-state index in [1.165, 1.54) is 12.1 Å². The number of carbonyl (C=O) groups excluding carboxylic acids is 1. The molecule has 1 aromatic heterocycles. The molecule has 0 spiro atoms. The second kappa shape index (κ2) is 5.58. The van der Waals surface area contributed by atoms with E-state index in [-0.39, 0.29) is 5.56 Å². The van der Waals surface area contributed by atoms with Gasteiger partial charge in [-0.3, -0.25) is 4.79 Å². The number of para-hydroxylation sites is 2. The Morgan fingerprint density at radius 3 is 2.62 bits per heavy atom. The average molecular weight is 281 g/mol. The minimum atomic E-state index is -0.546. The number of carbonyl (C=O) groups is 1. The molecule has 0 saturated heterocycles. The Kier molecular flexibility index (Phi) is 3.47. The first-order valence-corrected chi connectivity index (χ1v) is 6.39. The molecule has 2 aromatic carbocycles. The Balaban J connectivity index is 1.93. The van der Waals surface area contributed by atoms with E-state index in [9.17, 15) is 9.18 Å². The van der Waals surface area contributed by atoms with Crippen LogP contribution in [0.25, 0.3) is 5.69 Å². The molecule has 3 aromatic rings. The summed E-state index contributed by atoms with van der Waals surface area (Å²) in [5.41, 5.74) is 1.36. The van der Waals surface area contributed by atoms with E-state index in [2.05, 4.69) is 10.3 Å². The minimum absolute atomic E-state index is 0.0120. The zero-order valence-corrected chi connectivity index (χ0v) is 11.0. The van der Waals surface area contributed by atoms with Crippen LogP contribution in [0.1, 0.15) is 10.4 Å². The minimum Gasteiger partial charge on any atom is -0.320 e. The fourth-order valence-electron chi connectivity index (χ4n) is 2.04. The van der Waals surface area contributed by atoms with Crippen molar-refractivity contribution in [3.05, 3.63) is 78.6 Å². The van der Waals surface area contributed by atoms with Gasteiger partial charge in [0.05, 0.1) is 23.3 Å². The van der Waals surface area contributed by atoms with Gasteiger partial charge in [0.25, 0.3) is 5.91 Å². The van der Waals surface area contributed by atoms with Crippen molar-refractivity contribution < 1.29 is 9.18 Å². The van der Waals surface area contributed by atoms with Gasteiger partial charge in [-0.1, -0.05) is 24.3 Å². The van der Waals surface area contributed by atoms with Crippen molar-refractivity contribution in [3.63, 3.8) is 0 Å². The zero-order chi connectivity index (χ0) is 14.7. The Hall–Kier alpha value is -2.95. The van der Waals surface area contributed by atoms with Crippen molar-refractivity contribution in [2.45, 2.75) is 0 Å². The molecule has 21 heavy (non-hydrogen) atoms. The largest absolute Gasteiger partial charge is 0.320 e. The van der Waals surface area contributed by atoms with Gasteiger partial charge in [-0.25, -0.2) is 9.37 Å². The highest BCUT2D eigenvalue weighted by Gasteiger charge is 2.13. The third-order valence-corrected chi connectivity index (χ3v) is 3.05. The van der Waals surface area contributed by atoms with E-state index < -0.39 is 11.7 Å². The summed E-state index contributed by atoms with van der Waals surface area (Å²) in [6.07, 6.45) is 5.05. The van der Waals surface area contributed by atoms with Gasteiger partial charge in [-0.2, -0.15) is 0 Å². The summed E-state index contributed by atoms with van der Waals surface area (Å²) in [6.45, 7) is 0. The Morgan fingerprint density at radius 2 is 1.86 bits per heavy atom. The summed E-state index contributed by atoms with van der Waals surface area (Å²) in [5, 5.41) is 2.73. The fourth-order valence-corrected chi connectivity index (χ4v) is 2.04. The lowest BCUT2D eigenvalue weighted by Gasteiger charge is -2.11. The van der Waals surface area contributed by atoms with Gasteiger partial charge >= 0.3 is 0 Å². The molecule has 1 heterocycles. The average Bonchev–Trinajstić information content (AvgIpc) is 3.02. The second-order valence-electron chi connectivity index (χ2n) is 4.42. The monoisotopic (exact) mass is 281 g/mol. The number of hydrogen-bond donors (Lipinski definition) is 1. The molecule has 5 heteroatoms. The number of rotatable bonds is 3. The molecule has 0 radical (unpaired) electrons. The molecular formula is C16H12FN3O. The summed E-state index contributed by atoms with van der Waals surface area (Å²) in [5.74, 6) is -1.03. The first-order chi connectivity index (χ1) is 10.3. The summed E-state index contributed by atoms with van der Waals surface area (Å²) < 4.78 is 15.4. The Labute approximate surface area is 120 Å². The lowest BCUT2D eigenvalue weighted by Crippen LogP contribution is -2.15. The van der Waals surface area contributed by atoms with E-state index >= 15 is 0 Å². The molecule has 3 rings (SSSR count). The number of amides is 1. The number of imidazole rings is 1. The van der Waals surface area contributed by atoms with E-state index in [0.717, 1.165) is 5.69 Å². The maximum absolute atomic E-state index is 13.6. The van der Waals surface area contributed by atoms with Gasteiger partial charge in [-0.15, -0.1) is 0 Å². The number of hydrogen-bond acceptors (Lipinski definition) is 2. The molecule has 1 N–H and O–H groups in total. The predicted molar refractivity (Wildman–Crippen MR) is 77.9 cm³/mol. The highest BCUT2D eigenvalue weighted by atomic mass is 19.1. The van der Waals surface area contributed by atoms with Crippen LogP contribution in [0, 0.1) is 5.82 Å². The predicted octanol–water partition coefficient (Wildman–Crippen LogP) is 3.26. The summed E-state index contributed by atoms with van der Waals surface area (Å²) in [4.78, 5) is 16.2. The summed E-state index contributed by atoms with van der Waals surface area (Å²) in [7, 11) is 0. The van der Waals surface area contributed by atoms with Crippen LogP contribution in [-0.2, 0) is 0 Å². The van der Waals surface area contributed by atoms with Crippen LogP contribution in [-0.4, -0.2) is 15.5 Å². The second-order valence-corrected chi connectivity index (χ2v) is 4.42. The van der Waals surface area contributed by atoms with E-state index in [1.807, 2.05) is 12.1 Å². The van der Waals surface area contributed by atoms with Crippen molar-refractivity contribution in [2.24, 2.45) is 0 Å². The van der Waals surface area contributed by atoms with Crippen LogP contribution in [0.2, 0.25) is 0 Å². The highest BCUT2D eigenvalue weighted by molar-refractivity contribution is 6.05. The van der Waals surface area contributed by atoms with Gasteiger partial charge in [-0.05, 0) is 24.3 Å². The van der Waals surface area contributed by atoms with Crippen LogP contribution in [0.15, 0.2) is 67.3 Å². The van der Waals surface area contributed by atoms with Crippen LogP contribution in [0.3, 0.4) is 0 Å². The molecule has 0 aliphatic carbocycles. The molecule has 0 bridgehead atoms. The SMILES string of the molecule is O=C(Nc1ccccc1-n1ccnc1)c1ccccc1F. The maximum atomic E-state index is 13.6. The van der Waals surface area contributed by atoms with E-state index in [4.69, 9.17) is 0 Å². The van der Waals surface area contributed by atoms with Crippen molar-refractivity contribution in [2.75, 3.05) is 5.32 Å². The lowest BCUT2D eigenvalue weighted by molar-refractivity contribution is 0.102. The van der Waals surface area contributed by atoms with Crippen molar-refractivity contribution in [1.82, 2.24) is 9.55 Å². The van der Waals surface area contributed by atoms with Crippen LogP contribution in [0.4, 0.5) is 10.1 Å². The van der Waals surface area contributed by atoms with Gasteiger partial charge in [0, 0.05) is 12.4 Å². The van der Waals surface area contributed by atoms with Crippen LogP contribution < -0.4 is 5.32 Å². The fraction of sp³-hybridized carbons (Fsp3) is 0. The van der Waals surface area contributed by atoms with Gasteiger partial charge in [0.15, 0.2) is 0 Å². The molecule has 104 valence electrons. The molecule has 4 nitrogen and oxygen atoms in total. The van der Waals surface area contributed by atoms with Crippen molar-refractivity contribution >= 4 is 11.6 Å². The van der Waals surface area contributed by atoms with Crippen LogP contribution in [0.5, 0.6) is 0 Å². The molecule has 0 atom stereocenters. The molecule has 0 saturated carbocycles. The lowest BCUT2D eigenvalue weighted by atomic mass is 10.2. The molecule has 0 aliphatic rings. The van der Waals surface area contributed by atoms with E-state index in [0.29, 0.717) is 5.69 Å². The molecule has 0 fully saturated rings. The number of benzene rings is 2. The van der Waals surface area contributed by atoms with Gasteiger partial charge in [0.2, 0.25) is 0 Å². The third kappa shape index (κ3) is 2.67.